The second-order valence-electron chi connectivity index (χ2n) is 5.14. The van der Waals surface area contributed by atoms with Crippen molar-refractivity contribution in [3.8, 4) is 11.5 Å². The summed E-state index contributed by atoms with van der Waals surface area (Å²) in [7, 11) is 0. The molecular weight excluding hydrogens is 291 g/mol. The zero-order valence-corrected chi connectivity index (χ0v) is 13.4. The third-order valence-electron chi connectivity index (χ3n) is 3.28. The van der Waals surface area contributed by atoms with Gasteiger partial charge in [0.25, 0.3) is 0 Å². The summed E-state index contributed by atoms with van der Waals surface area (Å²) >= 11 is 12.1. The Labute approximate surface area is 130 Å². The molecule has 0 aromatic heterocycles. The van der Waals surface area contributed by atoms with E-state index in [9.17, 15) is 0 Å². The molecule has 20 heavy (non-hydrogen) atoms. The zero-order chi connectivity index (χ0) is 14.7. The Morgan fingerprint density at radius 2 is 1.90 bits per heavy atom. The van der Waals surface area contributed by atoms with Crippen molar-refractivity contribution in [2.45, 2.75) is 32.6 Å². The Bertz CT molecular complexity index is 606. The van der Waals surface area contributed by atoms with Crippen LogP contribution in [-0.2, 0) is 5.88 Å². The molecule has 2 rings (SSSR count). The highest BCUT2D eigenvalue weighted by atomic mass is 35.5. The molecular formula is C17H18Cl2O. The van der Waals surface area contributed by atoms with Gasteiger partial charge in [-0.05, 0) is 42.2 Å². The third-order valence-corrected chi connectivity index (χ3v) is 3.86. The number of para-hydroxylation sites is 1. The molecule has 0 saturated carbocycles. The monoisotopic (exact) mass is 308 g/mol. The highest BCUT2D eigenvalue weighted by Gasteiger charge is 2.10. The van der Waals surface area contributed by atoms with Crippen molar-refractivity contribution in [2.24, 2.45) is 0 Å². The van der Waals surface area contributed by atoms with Crippen LogP contribution in [0, 0.1) is 6.92 Å². The summed E-state index contributed by atoms with van der Waals surface area (Å²) in [6.07, 6.45) is 0. The minimum atomic E-state index is 0.374. The molecule has 0 N–H and O–H groups in total. The third kappa shape index (κ3) is 3.28. The predicted molar refractivity (Wildman–Crippen MR) is 86.4 cm³/mol. The second-order valence-corrected chi connectivity index (χ2v) is 5.81. The highest BCUT2D eigenvalue weighted by Crippen LogP contribution is 2.35. The molecule has 0 atom stereocenters. The maximum Gasteiger partial charge on any atom is 0.150 e. The van der Waals surface area contributed by atoms with Gasteiger partial charge in [-0.25, -0.2) is 0 Å². The van der Waals surface area contributed by atoms with Crippen molar-refractivity contribution in [3.05, 3.63) is 58.1 Å². The lowest BCUT2D eigenvalue weighted by atomic mass is 9.98. The Morgan fingerprint density at radius 1 is 1.15 bits per heavy atom. The van der Waals surface area contributed by atoms with E-state index in [0.717, 1.165) is 11.3 Å². The van der Waals surface area contributed by atoms with Crippen molar-refractivity contribution in [1.29, 1.82) is 0 Å². The average Bonchev–Trinajstić information content (AvgIpc) is 2.40. The summed E-state index contributed by atoms with van der Waals surface area (Å²) < 4.78 is 5.93. The minimum absolute atomic E-state index is 0.374. The van der Waals surface area contributed by atoms with Gasteiger partial charge >= 0.3 is 0 Å². The van der Waals surface area contributed by atoms with Crippen LogP contribution < -0.4 is 4.74 Å². The summed E-state index contributed by atoms with van der Waals surface area (Å²) in [5, 5.41) is 0.578. The molecule has 1 nitrogen and oxygen atoms in total. The van der Waals surface area contributed by atoms with Crippen molar-refractivity contribution in [3.63, 3.8) is 0 Å². The number of halogens is 2. The largest absolute Gasteiger partial charge is 0.455 e. The lowest BCUT2D eigenvalue weighted by Gasteiger charge is -2.14. The van der Waals surface area contributed by atoms with E-state index >= 15 is 0 Å². The van der Waals surface area contributed by atoms with Gasteiger partial charge in [0.05, 0.1) is 10.9 Å². The lowest BCUT2D eigenvalue weighted by Crippen LogP contribution is -1.95. The number of ether oxygens (including phenoxy) is 1. The Hall–Kier alpha value is -1.18. The SMILES string of the molecule is Cc1cc(Oc2c(Cl)cccc2CCl)ccc1C(C)C. The molecule has 3 heteroatoms. The minimum Gasteiger partial charge on any atom is -0.455 e. The maximum absolute atomic E-state index is 6.20. The number of rotatable bonds is 4. The molecule has 0 spiro atoms. The van der Waals surface area contributed by atoms with Gasteiger partial charge in [0, 0.05) is 5.56 Å². The Kier molecular flexibility index (Phi) is 4.95. The number of alkyl halides is 1. The van der Waals surface area contributed by atoms with Gasteiger partial charge in [0.2, 0.25) is 0 Å². The smallest absolute Gasteiger partial charge is 0.150 e. The zero-order valence-electron chi connectivity index (χ0n) is 11.9. The lowest BCUT2D eigenvalue weighted by molar-refractivity contribution is 0.478. The van der Waals surface area contributed by atoms with E-state index in [2.05, 4.69) is 26.8 Å². The Balaban J connectivity index is 2.34. The first-order valence-electron chi connectivity index (χ1n) is 6.64. The first-order valence-corrected chi connectivity index (χ1v) is 7.56. The fourth-order valence-corrected chi connectivity index (χ4v) is 2.69. The molecule has 0 aliphatic rings. The molecule has 0 heterocycles. The van der Waals surface area contributed by atoms with E-state index < -0.39 is 0 Å². The molecule has 0 saturated heterocycles. The molecule has 0 fully saturated rings. The fraction of sp³-hybridized carbons (Fsp3) is 0.294. The first-order chi connectivity index (χ1) is 9.52. The summed E-state index contributed by atoms with van der Waals surface area (Å²) in [5.74, 6) is 2.30. The Morgan fingerprint density at radius 3 is 2.50 bits per heavy atom. The molecule has 106 valence electrons. The van der Waals surface area contributed by atoms with Crippen LogP contribution in [0.15, 0.2) is 36.4 Å². The van der Waals surface area contributed by atoms with E-state index in [-0.39, 0.29) is 0 Å². The van der Waals surface area contributed by atoms with Gasteiger partial charge in [-0.15, -0.1) is 11.6 Å². The van der Waals surface area contributed by atoms with E-state index in [0.29, 0.717) is 22.6 Å². The average molecular weight is 309 g/mol. The van der Waals surface area contributed by atoms with Gasteiger partial charge in [0.1, 0.15) is 11.5 Å². The quantitative estimate of drug-likeness (QED) is 0.602. The van der Waals surface area contributed by atoms with E-state index in [1.54, 1.807) is 0 Å². The first kappa shape index (κ1) is 15.2. The molecule has 0 bridgehead atoms. The number of benzene rings is 2. The standard InChI is InChI=1S/C17H18Cl2O/c1-11(2)15-8-7-14(9-12(15)3)20-17-13(10-18)5-4-6-16(17)19/h4-9,11H,10H2,1-3H3. The van der Waals surface area contributed by atoms with Gasteiger partial charge in [-0.3, -0.25) is 0 Å². The fourth-order valence-electron chi connectivity index (χ4n) is 2.25. The summed E-state index contributed by atoms with van der Waals surface area (Å²) in [6.45, 7) is 6.46. The van der Waals surface area contributed by atoms with Crippen LogP contribution in [0.5, 0.6) is 11.5 Å². The molecule has 2 aromatic carbocycles. The van der Waals surface area contributed by atoms with E-state index in [4.69, 9.17) is 27.9 Å². The summed E-state index contributed by atoms with van der Waals surface area (Å²) in [6, 6.07) is 11.7. The van der Waals surface area contributed by atoms with Gasteiger partial charge in [-0.1, -0.05) is 43.6 Å². The van der Waals surface area contributed by atoms with Crippen LogP contribution in [0.2, 0.25) is 5.02 Å². The molecule has 0 aliphatic carbocycles. The molecule has 0 amide bonds. The van der Waals surface area contributed by atoms with Crippen molar-refractivity contribution in [2.75, 3.05) is 0 Å². The van der Waals surface area contributed by atoms with Crippen LogP contribution in [0.1, 0.15) is 36.5 Å². The van der Waals surface area contributed by atoms with Crippen molar-refractivity contribution in [1.82, 2.24) is 0 Å². The van der Waals surface area contributed by atoms with Crippen LogP contribution in [-0.4, -0.2) is 0 Å². The number of hydrogen-bond donors (Lipinski definition) is 0. The number of hydrogen-bond acceptors (Lipinski definition) is 1. The summed E-state index contributed by atoms with van der Waals surface area (Å²) in [5.41, 5.74) is 3.44. The predicted octanol–water partition coefficient (Wildman–Crippen LogP) is 6.30. The van der Waals surface area contributed by atoms with Crippen molar-refractivity contribution < 1.29 is 4.74 Å². The summed E-state index contributed by atoms with van der Waals surface area (Å²) in [4.78, 5) is 0. The van der Waals surface area contributed by atoms with Gasteiger partial charge in [-0.2, -0.15) is 0 Å². The van der Waals surface area contributed by atoms with E-state index in [1.165, 1.54) is 11.1 Å². The van der Waals surface area contributed by atoms with Crippen LogP contribution >= 0.6 is 23.2 Å². The van der Waals surface area contributed by atoms with E-state index in [1.807, 2.05) is 30.3 Å². The van der Waals surface area contributed by atoms with Crippen molar-refractivity contribution >= 4 is 23.2 Å². The molecule has 0 radical (unpaired) electrons. The van der Waals surface area contributed by atoms with Gasteiger partial charge < -0.3 is 4.74 Å². The normalized spacial score (nSPS) is 10.9. The topological polar surface area (TPSA) is 9.23 Å². The van der Waals surface area contributed by atoms with Crippen LogP contribution in [0.3, 0.4) is 0 Å². The molecule has 0 unspecified atom stereocenters. The maximum atomic E-state index is 6.20. The highest BCUT2D eigenvalue weighted by molar-refractivity contribution is 6.32. The van der Waals surface area contributed by atoms with Crippen LogP contribution in [0.4, 0.5) is 0 Å². The number of aryl methyl sites for hydroxylation is 1. The molecule has 0 aliphatic heterocycles. The van der Waals surface area contributed by atoms with Gasteiger partial charge in [0.15, 0.2) is 0 Å². The molecule has 2 aromatic rings. The van der Waals surface area contributed by atoms with Crippen LogP contribution in [0.25, 0.3) is 0 Å². The second kappa shape index (κ2) is 6.51.